The Kier molecular flexibility index (Phi) is 8.07. The summed E-state index contributed by atoms with van der Waals surface area (Å²) in [5, 5.41) is 7.41. The van der Waals surface area contributed by atoms with Gasteiger partial charge in [0, 0.05) is 6.20 Å². The monoisotopic (exact) mass is 491 g/mol. The van der Waals surface area contributed by atoms with E-state index in [1.807, 2.05) is 0 Å². The van der Waals surface area contributed by atoms with Crippen molar-refractivity contribution in [3.63, 3.8) is 0 Å². The number of hydrogen-bond donors (Lipinski definition) is 1. The van der Waals surface area contributed by atoms with Gasteiger partial charge < -0.3 is 19.5 Å². The molecule has 1 amide bonds. The molecule has 2 heterocycles. The quantitative estimate of drug-likeness (QED) is 0.437. The third kappa shape index (κ3) is 5.52. The normalized spacial score (nSPS) is 10.5. The van der Waals surface area contributed by atoms with Crippen molar-refractivity contribution >= 4 is 45.8 Å². The fourth-order valence-electron chi connectivity index (χ4n) is 2.93. The number of benzene rings is 1. The van der Waals surface area contributed by atoms with E-state index in [-0.39, 0.29) is 41.1 Å². The number of carbonyl (C=O) groups excluding carboxylic acids is 3. The predicted octanol–water partition coefficient (Wildman–Crippen LogP) is 4.55. The first-order valence-electron chi connectivity index (χ1n) is 10.0. The third-order valence-electron chi connectivity index (χ3n) is 4.44. The van der Waals surface area contributed by atoms with Crippen molar-refractivity contribution in [2.45, 2.75) is 27.5 Å². The van der Waals surface area contributed by atoms with Gasteiger partial charge in [0.25, 0.3) is 5.91 Å². The van der Waals surface area contributed by atoms with Crippen molar-refractivity contribution in [1.82, 2.24) is 9.78 Å². The molecule has 11 heteroatoms. The number of nitrogens with one attached hydrogen (secondary N) is 1. The molecule has 0 bridgehead atoms. The highest BCUT2D eigenvalue weighted by molar-refractivity contribution is 7.18. The number of carbonyl (C=O) groups is 3. The number of ether oxygens (including phenoxy) is 3. The fraction of sp³-hybridized carbons (Fsp3) is 0.273. The molecule has 1 N–H and O–H groups in total. The van der Waals surface area contributed by atoms with Crippen LogP contribution in [0.5, 0.6) is 5.75 Å². The fourth-order valence-corrected chi connectivity index (χ4v) is 4.20. The number of aromatic nitrogens is 2. The molecular formula is C22H22ClN3O6S. The second-order valence-electron chi connectivity index (χ2n) is 6.58. The van der Waals surface area contributed by atoms with E-state index >= 15 is 0 Å². The maximum atomic E-state index is 13.0. The summed E-state index contributed by atoms with van der Waals surface area (Å²) >= 11 is 7.04. The molecular weight excluding hydrogens is 470 g/mol. The lowest BCUT2D eigenvalue weighted by Crippen LogP contribution is -2.20. The van der Waals surface area contributed by atoms with E-state index in [1.54, 1.807) is 45.0 Å². The van der Waals surface area contributed by atoms with Crippen molar-refractivity contribution in [1.29, 1.82) is 0 Å². The summed E-state index contributed by atoms with van der Waals surface area (Å²) in [6.07, 6.45) is 1.45. The Hall–Kier alpha value is -3.37. The van der Waals surface area contributed by atoms with Crippen molar-refractivity contribution < 1.29 is 28.6 Å². The van der Waals surface area contributed by atoms with Crippen molar-refractivity contribution in [2.75, 3.05) is 18.5 Å². The van der Waals surface area contributed by atoms with Gasteiger partial charge in [0.2, 0.25) is 0 Å². The van der Waals surface area contributed by atoms with E-state index in [4.69, 9.17) is 25.8 Å². The van der Waals surface area contributed by atoms with Crippen LogP contribution in [0.15, 0.2) is 36.5 Å². The number of thiophene rings is 1. The Bertz CT molecular complexity index is 1170. The van der Waals surface area contributed by atoms with Gasteiger partial charge in [-0.25, -0.2) is 14.3 Å². The summed E-state index contributed by atoms with van der Waals surface area (Å²) in [7, 11) is 0. The maximum absolute atomic E-state index is 13.0. The summed E-state index contributed by atoms with van der Waals surface area (Å²) in [4.78, 5) is 38.1. The van der Waals surface area contributed by atoms with Crippen LogP contribution in [0.3, 0.4) is 0 Å². The topological polar surface area (TPSA) is 109 Å². The third-order valence-corrected chi connectivity index (χ3v) is 5.94. The molecule has 3 aromatic rings. The lowest BCUT2D eigenvalue weighted by Gasteiger charge is -2.11. The van der Waals surface area contributed by atoms with Crippen LogP contribution in [-0.4, -0.2) is 40.8 Å². The molecule has 33 heavy (non-hydrogen) atoms. The second-order valence-corrected chi connectivity index (χ2v) is 8.00. The van der Waals surface area contributed by atoms with Gasteiger partial charge in [0.1, 0.15) is 21.3 Å². The van der Waals surface area contributed by atoms with Gasteiger partial charge in [-0.15, -0.1) is 11.3 Å². The average molecular weight is 492 g/mol. The number of amides is 1. The van der Waals surface area contributed by atoms with Crippen LogP contribution in [0.4, 0.5) is 5.00 Å². The number of hydrogen-bond acceptors (Lipinski definition) is 8. The van der Waals surface area contributed by atoms with E-state index in [9.17, 15) is 14.4 Å². The number of rotatable bonds is 9. The molecule has 0 aliphatic carbocycles. The Morgan fingerprint density at radius 3 is 2.48 bits per heavy atom. The zero-order chi connectivity index (χ0) is 24.0. The van der Waals surface area contributed by atoms with Crippen LogP contribution in [0.2, 0.25) is 5.02 Å². The molecule has 1 aromatic carbocycles. The number of anilines is 1. The highest BCUT2D eigenvalue weighted by Gasteiger charge is 2.28. The zero-order valence-electron chi connectivity index (χ0n) is 18.2. The smallest absolute Gasteiger partial charge is 0.348 e. The first kappa shape index (κ1) is 24.3. The number of nitrogens with zero attached hydrogens (tertiary/aromatic N) is 2. The van der Waals surface area contributed by atoms with E-state index in [0.29, 0.717) is 16.3 Å². The van der Waals surface area contributed by atoms with Gasteiger partial charge in [-0.05, 0) is 44.5 Å². The van der Waals surface area contributed by atoms with E-state index in [2.05, 4.69) is 10.4 Å². The zero-order valence-corrected chi connectivity index (χ0v) is 19.8. The number of esters is 2. The molecule has 0 fully saturated rings. The highest BCUT2D eigenvalue weighted by Crippen LogP contribution is 2.34. The van der Waals surface area contributed by atoms with Crippen LogP contribution in [-0.2, 0) is 16.2 Å². The summed E-state index contributed by atoms with van der Waals surface area (Å²) < 4.78 is 17.2. The molecule has 0 aliphatic rings. The highest BCUT2D eigenvalue weighted by atomic mass is 35.5. The molecule has 0 saturated heterocycles. The molecule has 3 rings (SSSR count). The molecule has 9 nitrogen and oxygen atoms in total. The van der Waals surface area contributed by atoms with Gasteiger partial charge in [-0.3, -0.25) is 4.79 Å². The van der Waals surface area contributed by atoms with Crippen molar-refractivity contribution in [3.05, 3.63) is 63.2 Å². The predicted molar refractivity (Wildman–Crippen MR) is 123 cm³/mol. The van der Waals surface area contributed by atoms with Gasteiger partial charge in [-0.1, -0.05) is 23.7 Å². The summed E-state index contributed by atoms with van der Waals surface area (Å²) in [6.45, 7) is 5.21. The van der Waals surface area contributed by atoms with Crippen LogP contribution >= 0.6 is 22.9 Å². The van der Waals surface area contributed by atoms with Crippen molar-refractivity contribution in [3.8, 4) is 5.75 Å². The summed E-state index contributed by atoms with van der Waals surface area (Å²) in [6, 6.07) is 8.43. The average Bonchev–Trinajstić information content (AvgIpc) is 3.38. The first-order valence-corrected chi connectivity index (χ1v) is 11.2. The minimum Gasteiger partial charge on any atom is -0.470 e. The summed E-state index contributed by atoms with van der Waals surface area (Å²) in [5.74, 6) is -1.33. The molecule has 0 atom stereocenters. The van der Waals surface area contributed by atoms with Gasteiger partial charge in [-0.2, -0.15) is 5.10 Å². The molecule has 0 radical (unpaired) electrons. The maximum Gasteiger partial charge on any atom is 0.348 e. The minimum absolute atomic E-state index is 0.0677. The SMILES string of the molecule is CCOC(=O)c1sc(NC(=O)c2ccnn2COc2ccccc2Cl)c(C(=O)OCC)c1C. The second kappa shape index (κ2) is 11.0. The number of para-hydroxylation sites is 1. The Balaban J connectivity index is 1.85. The lowest BCUT2D eigenvalue weighted by molar-refractivity contribution is 0.0527. The Morgan fingerprint density at radius 2 is 1.79 bits per heavy atom. The van der Waals surface area contributed by atoms with Gasteiger partial charge in [0.15, 0.2) is 6.73 Å². The van der Waals surface area contributed by atoms with Crippen LogP contribution < -0.4 is 10.1 Å². The number of halogens is 1. The molecule has 0 saturated carbocycles. The Labute approximate surface area is 199 Å². The molecule has 0 aliphatic heterocycles. The standard InChI is InChI=1S/C22H22ClN3O6S/c1-4-30-21(28)17-13(3)18(22(29)31-5-2)33-20(17)25-19(27)15-10-11-24-26(15)12-32-16-9-7-6-8-14(16)23/h6-11H,4-5,12H2,1-3H3,(H,25,27). The first-order chi connectivity index (χ1) is 15.9. The largest absolute Gasteiger partial charge is 0.470 e. The van der Waals surface area contributed by atoms with Crippen LogP contribution in [0.25, 0.3) is 0 Å². The van der Waals surface area contributed by atoms with E-state index in [0.717, 1.165) is 11.3 Å². The van der Waals surface area contributed by atoms with Gasteiger partial charge >= 0.3 is 11.9 Å². The van der Waals surface area contributed by atoms with Gasteiger partial charge in [0.05, 0.1) is 23.8 Å². The molecule has 0 spiro atoms. The van der Waals surface area contributed by atoms with Crippen molar-refractivity contribution in [2.24, 2.45) is 0 Å². The summed E-state index contributed by atoms with van der Waals surface area (Å²) in [5.41, 5.74) is 0.667. The van der Waals surface area contributed by atoms with E-state index in [1.165, 1.54) is 16.9 Å². The van der Waals surface area contributed by atoms with Crippen LogP contribution in [0.1, 0.15) is 49.9 Å². The Morgan fingerprint density at radius 1 is 1.09 bits per heavy atom. The molecule has 174 valence electrons. The van der Waals surface area contributed by atoms with E-state index < -0.39 is 17.8 Å². The molecule has 0 unspecified atom stereocenters. The minimum atomic E-state index is -0.646. The lowest BCUT2D eigenvalue weighted by atomic mass is 10.1. The molecule has 2 aromatic heterocycles. The van der Waals surface area contributed by atoms with Crippen LogP contribution in [0, 0.1) is 6.92 Å².